The van der Waals surface area contributed by atoms with E-state index in [-0.39, 0.29) is 12.0 Å². The fourth-order valence-electron chi connectivity index (χ4n) is 1.67. The van der Waals surface area contributed by atoms with Crippen molar-refractivity contribution in [2.24, 2.45) is 11.7 Å². The van der Waals surface area contributed by atoms with Crippen molar-refractivity contribution in [3.63, 3.8) is 0 Å². The van der Waals surface area contributed by atoms with Crippen LogP contribution in [0.1, 0.15) is 13.3 Å². The average molecular weight is 172 g/mol. The van der Waals surface area contributed by atoms with Crippen LogP contribution in [0.2, 0.25) is 0 Å². The third-order valence-electron chi connectivity index (χ3n) is 2.36. The smallest absolute Gasteiger partial charge is 0.307 e. The molecule has 0 aliphatic carbocycles. The molecule has 0 spiro atoms. The number of carboxylic acids is 1. The third-order valence-corrected chi connectivity index (χ3v) is 2.36. The van der Waals surface area contributed by atoms with Gasteiger partial charge in [0.1, 0.15) is 0 Å². The molecule has 4 heteroatoms. The Morgan fingerprint density at radius 1 is 1.67 bits per heavy atom. The van der Waals surface area contributed by atoms with Gasteiger partial charge in [-0.3, -0.25) is 4.79 Å². The van der Waals surface area contributed by atoms with Gasteiger partial charge in [0.2, 0.25) is 0 Å². The molecule has 1 aliphatic heterocycles. The zero-order valence-corrected chi connectivity index (χ0v) is 7.36. The minimum Gasteiger partial charge on any atom is -0.481 e. The first kappa shape index (κ1) is 9.48. The number of carbonyl (C=O) groups is 1. The molecular formula is C8H16N2O2. The lowest BCUT2D eigenvalue weighted by Crippen LogP contribution is -2.48. The molecule has 0 aromatic rings. The van der Waals surface area contributed by atoms with Crippen molar-refractivity contribution in [1.29, 1.82) is 0 Å². The largest absolute Gasteiger partial charge is 0.481 e. The second-order valence-corrected chi connectivity index (χ2v) is 3.38. The maximum Gasteiger partial charge on any atom is 0.307 e. The average Bonchev–Trinajstić information content (AvgIpc) is 2.03. The summed E-state index contributed by atoms with van der Waals surface area (Å²) in [4.78, 5) is 12.8. The molecule has 1 fully saturated rings. The van der Waals surface area contributed by atoms with Crippen LogP contribution in [0.4, 0.5) is 0 Å². The summed E-state index contributed by atoms with van der Waals surface area (Å²) in [6, 6.07) is 0.0276. The van der Waals surface area contributed by atoms with Crippen LogP contribution in [0.5, 0.6) is 0 Å². The molecule has 0 saturated carbocycles. The van der Waals surface area contributed by atoms with Crippen molar-refractivity contribution in [3.8, 4) is 0 Å². The highest BCUT2D eigenvalue weighted by Gasteiger charge is 2.28. The highest BCUT2D eigenvalue weighted by Crippen LogP contribution is 2.15. The van der Waals surface area contributed by atoms with Crippen LogP contribution < -0.4 is 5.73 Å². The molecule has 12 heavy (non-hydrogen) atoms. The van der Waals surface area contributed by atoms with E-state index in [1.807, 2.05) is 6.92 Å². The van der Waals surface area contributed by atoms with Crippen LogP contribution >= 0.6 is 0 Å². The highest BCUT2D eigenvalue weighted by molar-refractivity contribution is 5.70. The Morgan fingerprint density at radius 2 is 2.33 bits per heavy atom. The minimum atomic E-state index is -0.719. The molecule has 0 radical (unpaired) electrons. The molecule has 2 atom stereocenters. The van der Waals surface area contributed by atoms with Gasteiger partial charge in [-0.05, 0) is 13.0 Å². The van der Waals surface area contributed by atoms with Gasteiger partial charge in [-0.15, -0.1) is 0 Å². The molecule has 2 unspecified atom stereocenters. The van der Waals surface area contributed by atoms with E-state index in [0.717, 1.165) is 13.1 Å². The highest BCUT2D eigenvalue weighted by atomic mass is 16.4. The van der Waals surface area contributed by atoms with Crippen LogP contribution in [0.25, 0.3) is 0 Å². The molecule has 70 valence electrons. The van der Waals surface area contributed by atoms with Gasteiger partial charge >= 0.3 is 5.97 Å². The Bertz CT molecular complexity index is 172. The summed E-state index contributed by atoms with van der Waals surface area (Å²) in [5.74, 6) is -0.989. The lowest BCUT2D eigenvalue weighted by atomic mass is 9.95. The van der Waals surface area contributed by atoms with E-state index in [0.29, 0.717) is 13.0 Å². The predicted octanol–water partition coefficient (Wildman–Crippen LogP) is -0.260. The quantitative estimate of drug-likeness (QED) is 0.602. The number of hydrogen-bond acceptors (Lipinski definition) is 3. The van der Waals surface area contributed by atoms with Crippen LogP contribution in [0.15, 0.2) is 0 Å². The summed E-state index contributed by atoms with van der Waals surface area (Å²) < 4.78 is 0. The monoisotopic (exact) mass is 172 g/mol. The van der Waals surface area contributed by atoms with E-state index < -0.39 is 5.97 Å². The number of likely N-dealkylation sites (N-methyl/N-ethyl adjacent to an activating group) is 1. The SMILES string of the molecule is CCN1CC(N)CC(C(=O)O)C1. The minimum absolute atomic E-state index is 0.0276. The topological polar surface area (TPSA) is 66.6 Å². The zero-order chi connectivity index (χ0) is 9.14. The Kier molecular flexibility index (Phi) is 3.05. The molecule has 0 aromatic carbocycles. The zero-order valence-electron chi connectivity index (χ0n) is 7.36. The van der Waals surface area contributed by atoms with Gasteiger partial charge in [-0.2, -0.15) is 0 Å². The fraction of sp³-hybridized carbons (Fsp3) is 0.875. The first-order chi connectivity index (χ1) is 5.63. The predicted molar refractivity (Wildman–Crippen MR) is 45.8 cm³/mol. The number of rotatable bonds is 2. The van der Waals surface area contributed by atoms with Crippen molar-refractivity contribution in [2.75, 3.05) is 19.6 Å². The first-order valence-corrected chi connectivity index (χ1v) is 4.34. The van der Waals surface area contributed by atoms with Crippen molar-refractivity contribution in [1.82, 2.24) is 4.90 Å². The maximum absolute atomic E-state index is 10.7. The number of carboxylic acid groups (broad SMARTS) is 1. The molecule has 1 heterocycles. The summed E-state index contributed by atoms with van der Waals surface area (Å²) in [5, 5.41) is 8.79. The maximum atomic E-state index is 10.7. The molecular weight excluding hydrogens is 156 g/mol. The summed E-state index contributed by atoms with van der Waals surface area (Å²) in [6.07, 6.45) is 0.617. The van der Waals surface area contributed by atoms with E-state index in [4.69, 9.17) is 10.8 Å². The van der Waals surface area contributed by atoms with E-state index >= 15 is 0 Å². The van der Waals surface area contributed by atoms with Crippen LogP contribution in [-0.2, 0) is 4.79 Å². The van der Waals surface area contributed by atoms with Crippen LogP contribution in [0, 0.1) is 5.92 Å². The Labute approximate surface area is 72.3 Å². The van der Waals surface area contributed by atoms with Gasteiger partial charge in [0.15, 0.2) is 0 Å². The summed E-state index contributed by atoms with van der Waals surface area (Å²) >= 11 is 0. The number of likely N-dealkylation sites (tertiary alicyclic amines) is 1. The van der Waals surface area contributed by atoms with E-state index in [9.17, 15) is 4.79 Å². The molecule has 0 bridgehead atoms. The summed E-state index contributed by atoms with van der Waals surface area (Å²) in [6.45, 7) is 4.40. The first-order valence-electron chi connectivity index (χ1n) is 4.34. The lowest BCUT2D eigenvalue weighted by Gasteiger charge is -2.33. The molecule has 1 saturated heterocycles. The molecule has 1 aliphatic rings. The Balaban J connectivity index is 2.51. The Hall–Kier alpha value is -0.610. The second kappa shape index (κ2) is 3.87. The lowest BCUT2D eigenvalue weighted by molar-refractivity contribution is -0.143. The van der Waals surface area contributed by atoms with Crippen molar-refractivity contribution in [3.05, 3.63) is 0 Å². The van der Waals surface area contributed by atoms with E-state index in [2.05, 4.69) is 4.90 Å². The van der Waals surface area contributed by atoms with Gasteiger partial charge in [0.05, 0.1) is 5.92 Å². The molecule has 0 aromatic heterocycles. The van der Waals surface area contributed by atoms with Crippen molar-refractivity contribution < 1.29 is 9.90 Å². The van der Waals surface area contributed by atoms with Crippen molar-refractivity contribution >= 4 is 5.97 Å². The van der Waals surface area contributed by atoms with E-state index in [1.54, 1.807) is 0 Å². The van der Waals surface area contributed by atoms with Crippen LogP contribution in [0.3, 0.4) is 0 Å². The number of piperidine rings is 1. The van der Waals surface area contributed by atoms with Gasteiger partial charge in [0, 0.05) is 19.1 Å². The van der Waals surface area contributed by atoms with Gasteiger partial charge < -0.3 is 15.7 Å². The summed E-state index contributed by atoms with van der Waals surface area (Å²) in [5.41, 5.74) is 5.72. The molecule has 4 nitrogen and oxygen atoms in total. The van der Waals surface area contributed by atoms with E-state index in [1.165, 1.54) is 0 Å². The number of nitrogens with zero attached hydrogens (tertiary/aromatic N) is 1. The molecule has 1 rings (SSSR count). The van der Waals surface area contributed by atoms with Gasteiger partial charge in [-0.1, -0.05) is 6.92 Å². The number of hydrogen-bond donors (Lipinski definition) is 2. The van der Waals surface area contributed by atoms with Crippen molar-refractivity contribution in [2.45, 2.75) is 19.4 Å². The van der Waals surface area contributed by atoms with Gasteiger partial charge in [-0.25, -0.2) is 0 Å². The van der Waals surface area contributed by atoms with Crippen LogP contribution in [-0.4, -0.2) is 41.7 Å². The summed E-state index contributed by atoms with van der Waals surface area (Å²) in [7, 11) is 0. The fourth-order valence-corrected chi connectivity index (χ4v) is 1.67. The molecule has 3 N–H and O–H groups in total. The standard InChI is InChI=1S/C8H16N2O2/c1-2-10-4-6(8(11)12)3-7(9)5-10/h6-7H,2-5,9H2,1H3,(H,11,12). The Morgan fingerprint density at radius 3 is 2.83 bits per heavy atom. The number of nitrogens with two attached hydrogens (primary N) is 1. The van der Waals surface area contributed by atoms with Gasteiger partial charge in [0.25, 0.3) is 0 Å². The number of aliphatic carboxylic acids is 1. The molecule has 0 amide bonds. The second-order valence-electron chi connectivity index (χ2n) is 3.38. The normalized spacial score (nSPS) is 31.8. The third kappa shape index (κ3) is 2.19.